The zero-order valence-corrected chi connectivity index (χ0v) is 30.2. The molecule has 5 nitrogen and oxygen atoms in total. The van der Waals surface area contributed by atoms with Crippen molar-refractivity contribution >= 4 is 0 Å². The second-order valence-corrected chi connectivity index (χ2v) is 14.5. The van der Waals surface area contributed by atoms with Crippen LogP contribution in [0.3, 0.4) is 0 Å². The summed E-state index contributed by atoms with van der Waals surface area (Å²) in [5, 5.41) is 9.51. The molecule has 1 aliphatic heterocycles. The molecule has 0 spiro atoms. The third-order valence-electron chi connectivity index (χ3n) is 10.8. The fourth-order valence-electron chi connectivity index (χ4n) is 8.03. The highest BCUT2D eigenvalue weighted by atomic mass is 16.6. The van der Waals surface area contributed by atoms with Gasteiger partial charge in [-0.05, 0) is 81.4 Å². The van der Waals surface area contributed by atoms with Crippen molar-refractivity contribution < 1.29 is 9.47 Å². The van der Waals surface area contributed by atoms with Crippen molar-refractivity contribution in [3.8, 4) is 96.4 Å². The SMILES string of the molecule is CC1(C)c2ccccc2-c2c1ccc1c2Oc2ccc(-c3ccccc3-c3cc(-c4ccccc4)nc(-c4cccc(-c5cccc(C#N)c5)c4)n3)cc2O1. The first kappa shape index (κ1) is 32.4. The fourth-order valence-corrected chi connectivity index (χ4v) is 8.03. The Hall–Kier alpha value is -7.29. The van der Waals surface area contributed by atoms with E-state index in [-0.39, 0.29) is 5.41 Å². The minimum atomic E-state index is -0.133. The van der Waals surface area contributed by atoms with Gasteiger partial charge in [0.25, 0.3) is 0 Å². The van der Waals surface area contributed by atoms with Crippen molar-refractivity contribution in [3.63, 3.8) is 0 Å². The predicted octanol–water partition coefficient (Wildman–Crippen LogP) is 12.9. The maximum Gasteiger partial charge on any atom is 0.178 e. The van der Waals surface area contributed by atoms with E-state index in [0.29, 0.717) is 28.6 Å². The van der Waals surface area contributed by atoms with Gasteiger partial charge in [0, 0.05) is 27.7 Å². The molecule has 2 aliphatic rings. The van der Waals surface area contributed by atoms with Gasteiger partial charge < -0.3 is 9.47 Å². The number of nitriles is 1. The number of ether oxygens (including phenoxy) is 2. The minimum Gasteiger partial charge on any atom is -0.449 e. The summed E-state index contributed by atoms with van der Waals surface area (Å²) in [6.07, 6.45) is 0. The molecule has 2 heterocycles. The molecule has 0 saturated heterocycles. The summed E-state index contributed by atoms with van der Waals surface area (Å²) in [5.74, 6) is 3.43. The van der Waals surface area contributed by atoms with Crippen LogP contribution in [-0.2, 0) is 5.41 Å². The summed E-state index contributed by atoms with van der Waals surface area (Å²) >= 11 is 0. The molecule has 0 atom stereocenters. The van der Waals surface area contributed by atoms with Crippen molar-refractivity contribution in [3.05, 3.63) is 180 Å². The molecule has 7 aromatic carbocycles. The molecule has 55 heavy (non-hydrogen) atoms. The van der Waals surface area contributed by atoms with E-state index in [1.165, 1.54) is 16.7 Å². The molecular formula is C50H33N3O2. The average Bonchev–Trinajstić information content (AvgIpc) is 3.49. The molecule has 8 aromatic rings. The highest BCUT2D eigenvalue weighted by molar-refractivity contribution is 5.89. The van der Waals surface area contributed by atoms with Crippen LogP contribution in [0.4, 0.5) is 0 Å². The van der Waals surface area contributed by atoms with Crippen LogP contribution in [0, 0.1) is 11.3 Å². The molecule has 0 radical (unpaired) electrons. The van der Waals surface area contributed by atoms with E-state index in [0.717, 1.165) is 61.6 Å². The van der Waals surface area contributed by atoms with Gasteiger partial charge in [0.2, 0.25) is 0 Å². The molecule has 0 unspecified atom stereocenters. The zero-order valence-electron chi connectivity index (χ0n) is 30.2. The van der Waals surface area contributed by atoms with Crippen LogP contribution < -0.4 is 9.47 Å². The lowest BCUT2D eigenvalue weighted by atomic mass is 9.82. The summed E-state index contributed by atoms with van der Waals surface area (Å²) in [5.41, 5.74) is 13.7. The summed E-state index contributed by atoms with van der Waals surface area (Å²) in [6, 6.07) is 57.6. The van der Waals surface area contributed by atoms with E-state index < -0.39 is 0 Å². The summed E-state index contributed by atoms with van der Waals surface area (Å²) in [6.45, 7) is 4.53. The number of hydrogen-bond acceptors (Lipinski definition) is 5. The third kappa shape index (κ3) is 5.47. The van der Waals surface area contributed by atoms with Gasteiger partial charge in [0.05, 0.1) is 23.0 Å². The number of aromatic nitrogens is 2. The van der Waals surface area contributed by atoms with Crippen LogP contribution in [0.15, 0.2) is 164 Å². The molecule has 0 amide bonds. The first-order chi connectivity index (χ1) is 26.9. The van der Waals surface area contributed by atoms with Gasteiger partial charge in [-0.3, -0.25) is 0 Å². The molecule has 0 saturated carbocycles. The van der Waals surface area contributed by atoms with Crippen molar-refractivity contribution in [1.82, 2.24) is 9.97 Å². The lowest BCUT2D eigenvalue weighted by Gasteiger charge is -2.25. The van der Waals surface area contributed by atoms with Gasteiger partial charge in [-0.2, -0.15) is 5.26 Å². The number of nitrogens with zero attached hydrogens (tertiary/aromatic N) is 3. The Labute approximate surface area is 319 Å². The van der Waals surface area contributed by atoms with E-state index >= 15 is 0 Å². The molecule has 0 fully saturated rings. The Bertz CT molecular complexity index is 2870. The largest absolute Gasteiger partial charge is 0.449 e. The second kappa shape index (κ2) is 12.7. The second-order valence-electron chi connectivity index (χ2n) is 14.5. The molecular weight excluding hydrogens is 675 g/mol. The first-order valence-corrected chi connectivity index (χ1v) is 18.4. The van der Waals surface area contributed by atoms with Gasteiger partial charge in [0.15, 0.2) is 28.8 Å². The summed E-state index contributed by atoms with van der Waals surface area (Å²) in [7, 11) is 0. The van der Waals surface area contributed by atoms with Gasteiger partial charge in [-0.15, -0.1) is 0 Å². The maximum absolute atomic E-state index is 9.51. The number of rotatable bonds is 5. The quantitative estimate of drug-likeness (QED) is 0.178. The molecule has 0 bridgehead atoms. The highest BCUT2D eigenvalue weighted by Gasteiger charge is 2.39. The molecule has 1 aliphatic carbocycles. The van der Waals surface area contributed by atoms with Crippen LogP contribution >= 0.6 is 0 Å². The fraction of sp³-hybridized carbons (Fsp3) is 0.0600. The Kier molecular flexibility index (Phi) is 7.47. The Morgan fingerprint density at radius 3 is 1.98 bits per heavy atom. The van der Waals surface area contributed by atoms with E-state index in [1.54, 1.807) is 0 Å². The molecule has 5 heteroatoms. The Balaban J connectivity index is 1.06. The average molecular weight is 708 g/mol. The predicted molar refractivity (Wildman–Crippen MR) is 218 cm³/mol. The Morgan fingerprint density at radius 1 is 0.473 bits per heavy atom. The van der Waals surface area contributed by atoms with Crippen molar-refractivity contribution in [2.24, 2.45) is 0 Å². The number of fused-ring (bicyclic) bond motifs is 6. The van der Waals surface area contributed by atoms with Crippen molar-refractivity contribution in [1.29, 1.82) is 5.26 Å². The van der Waals surface area contributed by atoms with Crippen molar-refractivity contribution in [2.75, 3.05) is 0 Å². The number of hydrogen-bond donors (Lipinski definition) is 0. The van der Waals surface area contributed by atoms with E-state index in [1.807, 2.05) is 84.9 Å². The van der Waals surface area contributed by atoms with E-state index in [9.17, 15) is 5.26 Å². The standard InChI is InChI=1S/C50H33N3O2/c1-50(2)40-21-9-8-20-39(40)47-41(50)23-25-45-48(47)55-44-24-22-35(28-46(44)54-45)37-18-6-7-19-38(37)43-29-42(32-13-4-3-5-14-32)52-49(53-43)36-17-11-16-34(27-36)33-15-10-12-31(26-33)30-51/h3-29H,1-2H3. The molecule has 0 N–H and O–H groups in total. The van der Waals surface area contributed by atoms with E-state index in [4.69, 9.17) is 19.4 Å². The normalized spacial score (nSPS) is 13.0. The summed E-state index contributed by atoms with van der Waals surface area (Å²) in [4.78, 5) is 10.3. The maximum atomic E-state index is 9.51. The zero-order chi connectivity index (χ0) is 37.1. The smallest absolute Gasteiger partial charge is 0.178 e. The van der Waals surface area contributed by atoms with Gasteiger partial charge in [-0.25, -0.2) is 9.97 Å². The van der Waals surface area contributed by atoms with Crippen LogP contribution in [0.2, 0.25) is 0 Å². The highest BCUT2D eigenvalue weighted by Crippen LogP contribution is 2.58. The lowest BCUT2D eigenvalue weighted by Crippen LogP contribution is -2.15. The van der Waals surface area contributed by atoms with Gasteiger partial charge in [0.1, 0.15) is 0 Å². The number of benzene rings is 7. The van der Waals surface area contributed by atoms with Crippen LogP contribution in [0.5, 0.6) is 23.0 Å². The van der Waals surface area contributed by atoms with Gasteiger partial charge in [-0.1, -0.05) is 135 Å². The molecule has 10 rings (SSSR count). The van der Waals surface area contributed by atoms with Crippen LogP contribution in [-0.4, -0.2) is 9.97 Å². The molecule has 1 aromatic heterocycles. The Morgan fingerprint density at radius 2 is 1.15 bits per heavy atom. The molecule has 260 valence electrons. The lowest BCUT2D eigenvalue weighted by molar-refractivity contribution is 0.360. The van der Waals surface area contributed by atoms with Gasteiger partial charge >= 0.3 is 0 Å². The minimum absolute atomic E-state index is 0.133. The summed E-state index contributed by atoms with van der Waals surface area (Å²) < 4.78 is 13.3. The van der Waals surface area contributed by atoms with Crippen LogP contribution in [0.1, 0.15) is 30.5 Å². The topological polar surface area (TPSA) is 68.0 Å². The first-order valence-electron chi connectivity index (χ1n) is 18.4. The monoisotopic (exact) mass is 707 g/mol. The van der Waals surface area contributed by atoms with E-state index in [2.05, 4.69) is 98.8 Å². The van der Waals surface area contributed by atoms with Crippen molar-refractivity contribution in [2.45, 2.75) is 19.3 Å². The third-order valence-corrected chi connectivity index (χ3v) is 10.8. The van der Waals surface area contributed by atoms with Crippen LogP contribution in [0.25, 0.3) is 67.3 Å².